The van der Waals surface area contributed by atoms with Gasteiger partial charge < -0.3 is 10.6 Å². The second-order valence-electron chi connectivity index (χ2n) is 11.4. The van der Waals surface area contributed by atoms with Crippen molar-refractivity contribution in [2.75, 3.05) is 13.1 Å². The van der Waals surface area contributed by atoms with Gasteiger partial charge in [-0.15, -0.1) is 0 Å². The maximum atomic E-state index is 4.87. The van der Waals surface area contributed by atoms with E-state index in [9.17, 15) is 0 Å². The van der Waals surface area contributed by atoms with Gasteiger partial charge in [-0.3, -0.25) is 14.9 Å². The lowest BCUT2D eigenvalue weighted by molar-refractivity contribution is 0.163. The molecule has 1 unspecified atom stereocenters. The van der Waals surface area contributed by atoms with Crippen LogP contribution in [0.5, 0.6) is 0 Å². The quantitative estimate of drug-likeness (QED) is 0.154. The Morgan fingerprint density at radius 2 is 1.48 bits per heavy atom. The molecular formula is C37H41N5. The minimum absolute atomic E-state index is 0.371. The van der Waals surface area contributed by atoms with Gasteiger partial charge in [0.05, 0.1) is 17.4 Å². The van der Waals surface area contributed by atoms with Gasteiger partial charge in [0.15, 0.2) is 0 Å². The summed E-state index contributed by atoms with van der Waals surface area (Å²) >= 11 is 0. The van der Waals surface area contributed by atoms with Crippen LogP contribution < -0.4 is 10.6 Å². The number of fused-ring (bicyclic) bond motifs is 2. The van der Waals surface area contributed by atoms with Crippen LogP contribution in [0.15, 0.2) is 109 Å². The first-order chi connectivity index (χ1) is 20.8. The minimum atomic E-state index is 0.371. The normalized spacial score (nSPS) is 14.7. The van der Waals surface area contributed by atoms with Crippen LogP contribution in [0.2, 0.25) is 0 Å². The number of nitrogens with one attached hydrogen (secondary N) is 2. The smallest absolute Gasteiger partial charge is 0.0607 e. The molecule has 2 heterocycles. The molecule has 6 rings (SSSR count). The summed E-state index contributed by atoms with van der Waals surface area (Å²) in [5.41, 5.74) is 7.76. The van der Waals surface area contributed by atoms with Gasteiger partial charge in [0.25, 0.3) is 0 Å². The second kappa shape index (κ2) is 14.3. The van der Waals surface area contributed by atoms with Crippen LogP contribution >= 0.6 is 0 Å². The third-order valence-electron chi connectivity index (χ3n) is 8.32. The molecule has 214 valence electrons. The fraction of sp³-hybridized carbons (Fsp3) is 0.297. The number of aromatic nitrogens is 2. The average molecular weight is 556 g/mol. The van der Waals surface area contributed by atoms with Crippen LogP contribution in [0.4, 0.5) is 0 Å². The Labute approximate surface area is 250 Å². The van der Waals surface area contributed by atoms with Gasteiger partial charge in [0.1, 0.15) is 0 Å². The minimum Gasteiger partial charge on any atom is -0.313 e. The van der Waals surface area contributed by atoms with Crippen molar-refractivity contribution in [2.45, 2.75) is 57.9 Å². The van der Waals surface area contributed by atoms with Crippen LogP contribution in [0.25, 0.3) is 10.8 Å². The first-order valence-electron chi connectivity index (χ1n) is 15.4. The van der Waals surface area contributed by atoms with Crippen molar-refractivity contribution in [1.82, 2.24) is 25.5 Å². The van der Waals surface area contributed by atoms with Gasteiger partial charge in [-0.25, -0.2) is 0 Å². The van der Waals surface area contributed by atoms with E-state index in [0.717, 1.165) is 57.8 Å². The third kappa shape index (κ3) is 7.48. The molecule has 0 spiro atoms. The SMILES string of the molecule is c1ccc(CNCc2ccc(CN(CCCNCc3ccc4ccccc4c3)C3CCCc4cccnc43)cc2)nc1. The van der Waals surface area contributed by atoms with Crippen molar-refractivity contribution < 1.29 is 0 Å². The molecule has 0 radical (unpaired) electrons. The molecule has 0 saturated heterocycles. The molecule has 3 aromatic carbocycles. The van der Waals surface area contributed by atoms with Crippen molar-refractivity contribution in [3.63, 3.8) is 0 Å². The van der Waals surface area contributed by atoms with Crippen molar-refractivity contribution in [3.05, 3.63) is 143 Å². The third-order valence-corrected chi connectivity index (χ3v) is 8.32. The van der Waals surface area contributed by atoms with Crippen LogP contribution in [-0.2, 0) is 32.6 Å². The van der Waals surface area contributed by atoms with Gasteiger partial charge in [-0.05, 0) is 89.5 Å². The van der Waals surface area contributed by atoms with Gasteiger partial charge in [-0.2, -0.15) is 0 Å². The number of hydrogen-bond donors (Lipinski definition) is 2. The molecule has 1 aliphatic carbocycles. The van der Waals surface area contributed by atoms with E-state index in [2.05, 4.69) is 105 Å². The summed E-state index contributed by atoms with van der Waals surface area (Å²) in [4.78, 5) is 11.9. The highest BCUT2D eigenvalue weighted by Crippen LogP contribution is 2.33. The van der Waals surface area contributed by atoms with Crippen LogP contribution in [-0.4, -0.2) is 28.0 Å². The maximum absolute atomic E-state index is 4.87. The van der Waals surface area contributed by atoms with Gasteiger partial charge in [-0.1, -0.05) is 72.8 Å². The lowest BCUT2D eigenvalue weighted by atomic mass is 9.90. The van der Waals surface area contributed by atoms with Gasteiger partial charge >= 0.3 is 0 Å². The van der Waals surface area contributed by atoms with Crippen molar-refractivity contribution in [3.8, 4) is 0 Å². The summed E-state index contributed by atoms with van der Waals surface area (Å²) in [5, 5.41) is 9.81. The molecule has 5 heteroatoms. The van der Waals surface area contributed by atoms with E-state index in [4.69, 9.17) is 4.98 Å². The Morgan fingerprint density at radius 3 is 2.36 bits per heavy atom. The zero-order valence-electron chi connectivity index (χ0n) is 24.4. The Bertz CT molecular complexity index is 1550. The molecule has 5 aromatic rings. The molecular weight excluding hydrogens is 514 g/mol. The molecule has 0 aliphatic heterocycles. The number of hydrogen-bond acceptors (Lipinski definition) is 5. The molecule has 42 heavy (non-hydrogen) atoms. The highest BCUT2D eigenvalue weighted by atomic mass is 15.2. The molecule has 2 N–H and O–H groups in total. The Morgan fingerprint density at radius 1 is 0.690 bits per heavy atom. The molecule has 0 fully saturated rings. The van der Waals surface area contributed by atoms with E-state index in [1.807, 2.05) is 24.5 Å². The number of aryl methyl sites for hydroxylation is 1. The summed E-state index contributed by atoms with van der Waals surface area (Å²) < 4.78 is 0. The fourth-order valence-corrected chi connectivity index (χ4v) is 6.11. The van der Waals surface area contributed by atoms with Crippen molar-refractivity contribution in [1.29, 1.82) is 0 Å². The zero-order chi connectivity index (χ0) is 28.4. The predicted octanol–water partition coefficient (Wildman–Crippen LogP) is 6.98. The fourth-order valence-electron chi connectivity index (χ4n) is 6.11. The number of nitrogens with zero attached hydrogens (tertiary/aromatic N) is 3. The van der Waals surface area contributed by atoms with Gasteiger partial charge in [0.2, 0.25) is 0 Å². The average Bonchev–Trinajstić information content (AvgIpc) is 3.05. The van der Waals surface area contributed by atoms with Crippen LogP contribution in [0.1, 0.15) is 58.9 Å². The summed E-state index contributed by atoms with van der Waals surface area (Å²) in [7, 11) is 0. The van der Waals surface area contributed by atoms with Gasteiger partial charge in [0, 0.05) is 45.1 Å². The van der Waals surface area contributed by atoms with E-state index in [1.165, 1.54) is 51.6 Å². The van der Waals surface area contributed by atoms with Crippen molar-refractivity contribution >= 4 is 10.8 Å². The second-order valence-corrected chi connectivity index (χ2v) is 11.4. The number of rotatable bonds is 13. The molecule has 2 aromatic heterocycles. The first kappa shape index (κ1) is 28.2. The zero-order valence-corrected chi connectivity index (χ0v) is 24.4. The van der Waals surface area contributed by atoms with Crippen LogP contribution in [0, 0.1) is 0 Å². The monoisotopic (exact) mass is 555 g/mol. The Balaban J connectivity index is 1.06. The molecule has 0 amide bonds. The molecule has 0 bridgehead atoms. The highest BCUT2D eigenvalue weighted by molar-refractivity contribution is 5.82. The molecule has 1 aliphatic rings. The summed E-state index contributed by atoms with van der Waals surface area (Å²) in [5.74, 6) is 0. The lowest BCUT2D eigenvalue weighted by Gasteiger charge is -2.35. The van der Waals surface area contributed by atoms with E-state index in [-0.39, 0.29) is 0 Å². The number of benzene rings is 3. The topological polar surface area (TPSA) is 53.1 Å². The summed E-state index contributed by atoms with van der Waals surface area (Å²) in [6.45, 7) is 5.48. The standard InChI is InChI=1S/C37H41N5/c1-2-9-34-24-31(18-19-32(34)8-1)26-38-20-7-23-42(36-13-5-10-33-11-6-22-41-37(33)36)28-30-16-14-29(15-17-30)25-39-27-35-12-3-4-21-40-35/h1-4,6,8-9,11-12,14-19,21-22,24,36,38-39H,5,7,10,13,20,23,25-28H2. The highest BCUT2D eigenvalue weighted by Gasteiger charge is 2.27. The van der Waals surface area contributed by atoms with Crippen molar-refractivity contribution in [2.24, 2.45) is 0 Å². The summed E-state index contributed by atoms with van der Waals surface area (Å²) in [6, 6.07) is 35.2. The molecule has 0 saturated carbocycles. The molecule has 5 nitrogen and oxygen atoms in total. The van der Waals surface area contributed by atoms with Crippen LogP contribution in [0.3, 0.4) is 0 Å². The van der Waals surface area contributed by atoms with E-state index < -0.39 is 0 Å². The Kier molecular flexibility index (Phi) is 9.63. The maximum Gasteiger partial charge on any atom is 0.0607 e. The summed E-state index contributed by atoms with van der Waals surface area (Å²) in [6.07, 6.45) is 8.44. The number of pyridine rings is 2. The van der Waals surface area contributed by atoms with E-state index >= 15 is 0 Å². The van der Waals surface area contributed by atoms with E-state index in [1.54, 1.807) is 0 Å². The lowest BCUT2D eigenvalue weighted by Crippen LogP contribution is -2.34. The first-order valence-corrected chi connectivity index (χ1v) is 15.4. The largest absolute Gasteiger partial charge is 0.313 e. The predicted molar refractivity (Wildman–Crippen MR) is 172 cm³/mol. The molecule has 1 atom stereocenters. The van der Waals surface area contributed by atoms with E-state index in [0.29, 0.717) is 6.04 Å². The Hall–Kier alpha value is -3.90.